The Morgan fingerprint density at radius 3 is 2.50 bits per heavy atom. The maximum atomic E-state index is 13.6. The molecule has 5 nitrogen and oxygen atoms in total. The molecule has 0 radical (unpaired) electrons. The van der Waals surface area contributed by atoms with Gasteiger partial charge in [0.1, 0.15) is 11.4 Å². The lowest BCUT2D eigenvalue weighted by atomic mass is 9.90. The summed E-state index contributed by atoms with van der Waals surface area (Å²) in [5, 5.41) is 12.0. The normalized spacial score (nSPS) is 19.9. The van der Waals surface area contributed by atoms with Gasteiger partial charge in [-0.3, -0.25) is 9.59 Å². The Labute approximate surface area is 189 Å². The van der Waals surface area contributed by atoms with Crippen LogP contribution in [0.25, 0.3) is 11.0 Å². The molecule has 1 unspecified atom stereocenters. The van der Waals surface area contributed by atoms with E-state index >= 15 is 0 Å². The first-order chi connectivity index (χ1) is 15.4. The van der Waals surface area contributed by atoms with E-state index in [9.17, 15) is 19.1 Å². The van der Waals surface area contributed by atoms with Gasteiger partial charge < -0.3 is 14.4 Å². The standard InChI is InChI=1S/C25H21ClFNO4/c26-16-8-11-19-15(12-16)13-20(32-19)23(29)21-22(14-6-9-17(27)10-7-14)28(25(31)24(21)30)18-4-2-1-3-5-18/h6-13,18,22,30H,1-5H2. The number of rotatable bonds is 4. The molecule has 1 amide bonds. The molecule has 1 saturated carbocycles. The number of fused-ring (bicyclic) bond motifs is 1. The Morgan fingerprint density at radius 1 is 1.06 bits per heavy atom. The van der Waals surface area contributed by atoms with E-state index in [0.717, 1.165) is 32.1 Å². The van der Waals surface area contributed by atoms with Crippen molar-refractivity contribution in [1.82, 2.24) is 4.90 Å². The van der Waals surface area contributed by atoms with Gasteiger partial charge in [-0.25, -0.2) is 4.39 Å². The first-order valence-corrected chi connectivity index (χ1v) is 11.1. The quantitative estimate of drug-likeness (QED) is 0.482. The summed E-state index contributed by atoms with van der Waals surface area (Å²) < 4.78 is 19.3. The topological polar surface area (TPSA) is 70.8 Å². The van der Waals surface area contributed by atoms with Gasteiger partial charge >= 0.3 is 0 Å². The molecule has 1 atom stereocenters. The van der Waals surface area contributed by atoms with Crippen LogP contribution in [-0.4, -0.2) is 27.7 Å². The van der Waals surface area contributed by atoms with Crippen molar-refractivity contribution >= 4 is 34.3 Å². The SMILES string of the molecule is O=C(C1=C(O)C(=O)N(C2CCCCC2)C1c1ccc(F)cc1)c1cc2cc(Cl)ccc2o1. The second-order valence-corrected chi connectivity index (χ2v) is 8.78. The number of halogens is 2. The smallest absolute Gasteiger partial charge is 0.290 e. The molecule has 32 heavy (non-hydrogen) atoms. The molecule has 2 heterocycles. The Balaban J connectivity index is 1.60. The number of nitrogens with zero attached hydrogens (tertiary/aromatic N) is 1. The molecule has 1 aliphatic heterocycles. The van der Waals surface area contributed by atoms with Gasteiger partial charge in [0.2, 0.25) is 5.78 Å². The van der Waals surface area contributed by atoms with Crippen LogP contribution < -0.4 is 0 Å². The molecule has 1 aromatic heterocycles. The van der Waals surface area contributed by atoms with Crippen molar-refractivity contribution in [2.24, 2.45) is 0 Å². The highest BCUT2D eigenvalue weighted by Gasteiger charge is 2.47. The Kier molecular flexibility index (Phi) is 5.25. The van der Waals surface area contributed by atoms with Crippen LogP contribution in [0.5, 0.6) is 0 Å². The molecule has 1 fully saturated rings. The van der Waals surface area contributed by atoms with Crippen molar-refractivity contribution < 1.29 is 23.5 Å². The summed E-state index contributed by atoms with van der Waals surface area (Å²) in [4.78, 5) is 28.3. The number of ketones is 1. The van der Waals surface area contributed by atoms with Crippen LogP contribution in [0.2, 0.25) is 5.02 Å². The number of amides is 1. The monoisotopic (exact) mass is 453 g/mol. The van der Waals surface area contributed by atoms with Crippen LogP contribution >= 0.6 is 11.6 Å². The molecule has 2 aliphatic rings. The zero-order chi connectivity index (χ0) is 22.4. The van der Waals surface area contributed by atoms with E-state index < -0.39 is 29.3 Å². The van der Waals surface area contributed by atoms with Gasteiger partial charge in [0.05, 0.1) is 11.6 Å². The number of aliphatic hydroxyl groups excluding tert-OH is 1. The Hall–Kier alpha value is -3.12. The molecule has 164 valence electrons. The lowest BCUT2D eigenvalue weighted by molar-refractivity contribution is -0.132. The van der Waals surface area contributed by atoms with Gasteiger partial charge in [-0.1, -0.05) is 43.0 Å². The highest BCUT2D eigenvalue weighted by Crippen LogP contribution is 2.43. The number of Topliss-reactive ketones (excluding diaryl/α,β-unsaturated/α-hetero) is 1. The fourth-order valence-corrected chi connectivity index (χ4v) is 5.00. The van der Waals surface area contributed by atoms with Crippen LogP contribution in [0.3, 0.4) is 0 Å². The third kappa shape index (κ3) is 3.48. The zero-order valence-corrected chi connectivity index (χ0v) is 17.9. The maximum Gasteiger partial charge on any atom is 0.290 e. The minimum Gasteiger partial charge on any atom is -0.503 e. The number of hydrogen-bond acceptors (Lipinski definition) is 4. The summed E-state index contributed by atoms with van der Waals surface area (Å²) in [7, 11) is 0. The van der Waals surface area contributed by atoms with Gasteiger partial charge in [0.15, 0.2) is 11.5 Å². The summed E-state index contributed by atoms with van der Waals surface area (Å²) in [5.74, 6) is -2.13. The van der Waals surface area contributed by atoms with E-state index in [2.05, 4.69) is 0 Å². The van der Waals surface area contributed by atoms with E-state index in [1.165, 1.54) is 12.1 Å². The maximum absolute atomic E-state index is 13.6. The molecule has 1 N–H and O–H groups in total. The summed E-state index contributed by atoms with van der Waals surface area (Å²) in [6, 6.07) is 11.3. The molecule has 5 rings (SSSR count). The van der Waals surface area contributed by atoms with E-state index in [1.54, 1.807) is 41.3 Å². The first kappa shape index (κ1) is 20.8. The highest BCUT2D eigenvalue weighted by molar-refractivity contribution is 6.31. The van der Waals surface area contributed by atoms with Crippen molar-refractivity contribution in [3.05, 3.63) is 82.0 Å². The lowest BCUT2D eigenvalue weighted by Gasteiger charge is -2.36. The highest BCUT2D eigenvalue weighted by atomic mass is 35.5. The second kappa shape index (κ2) is 8.10. The number of furan rings is 1. The van der Waals surface area contributed by atoms with E-state index in [0.29, 0.717) is 21.6 Å². The van der Waals surface area contributed by atoms with Crippen molar-refractivity contribution in [2.45, 2.75) is 44.2 Å². The number of carbonyl (C=O) groups is 2. The van der Waals surface area contributed by atoms with E-state index in [-0.39, 0.29) is 17.4 Å². The second-order valence-electron chi connectivity index (χ2n) is 8.34. The Morgan fingerprint density at radius 2 is 1.78 bits per heavy atom. The number of benzene rings is 2. The summed E-state index contributed by atoms with van der Waals surface area (Å²) in [6.07, 6.45) is 4.62. The van der Waals surface area contributed by atoms with Gasteiger partial charge in [-0.2, -0.15) is 0 Å². The summed E-state index contributed by atoms with van der Waals surface area (Å²) in [5.41, 5.74) is 0.999. The summed E-state index contributed by atoms with van der Waals surface area (Å²) in [6.45, 7) is 0. The average Bonchev–Trinajstić information content (AvgIpc) is 3.33. The predicted octanol–water partition coefficient (Wildman–Crippen LogP) is 6.14. The van der Waals surface area contributed by atoms with Crippen molar-refractivity contribution in [3.63, 3.8) is 0 Å². The van der Waals surface area contributed by atoms with Crippen molar-refractivity contribution in [1.29, 1.82) is 0 Å². The minimum absolute atomic E-state index is 0.00854. The Bertz CT molecular complexity index is 1240. The van der Waals surface area contributed by atoms with Crippen molar-refractivity contribution in [2.75, 3.05) is 0 Å². The summed E-state index contributed by atoms with van der Waals surface area (Å²) >= 11 is 6.04. The van der Waals surface area contributed by atoms with E-state index in [1.807, 2.05) is 0 Å². The molecule has 0 spiro atoms. The van der Waals surface area contributed by atoms with Crippen molar-refractivity contribution in [3.8, 4) is 0 Å². The average molecular weight is 454 g/mol. The first-order valence-electron chi connectivity index (χ1n) is 10.7. The molecule has 0 bridgehead atoms. The van der Waals surface area contributed by atoms with Crippen LogP contribution in [0.4, 0.5) is 4.39 Å². The minimum atomic E-state index is -0.810. The third-order valence-electron chi connectivity index (χ3n) is 6.34. The predicted molar refractivity (Wildman–Crippen MR) is 118 cm³/mol. The molecular weight excluding hydrogens is 433 g/mol. The fourth-order valence-electron chi connectivity index (χ4n) is 4.82. The fraction of sp³-hybridized carbons (Fsp3) is 0.280. The molecular formula is C25H21ClFNO4. The van der Waals surface area contributed by atoms with Gasteiger partial charge in [-0.15, -0.1) is 0 Å². The van der Waals surface area contributed by atoms with Crippen LogP contribution in [0.15, 0.2) is 64.3 Å². The lowest BCUT2D eigenvalue weighted by Crippen LogP contribution is -2.41. The van der Waals surface area contributed by atoms with Gasteiger partial charge in [-0.05, 0) is 54.8 Å². The molecule has 1 aliphatic carbocycles. The molecule has 3 aromatic rings. The zero-order valence-electron chi connectivity index (χ0n) is 17.2. The van der Waals surface area contributed by atoms with Gasteiger partial charge in [0, 0.05) is 16.5 Å². The number of carbonyl (C=O) groups excluding carboxylic acids is 2. The van der Waals surface area contributed by atoms with Crippen LogP contribution in [0.1, 0.15) is 54.3 Å². The third-order valence-corrected chi connectivity index (χ3v) is 6.58. The molecule has 0 saturated heterocycles. The van der Waals surface area contributed by atoms with E-state index in [4.69, 9.17) is 16.0 Å². The van der Waals surface area contributed by atoms with Crippen LogP contribution in [-0.2, 0) is 4.79 Å². The largest absolute Gasteiger partial charge is 0.503 e. The van der Waals surface area contributed by atoms with Crippen LogP contribution in [0, 0.1) is 5.82 Å². The van der Waals surface area contributed by atoms with Gasteiger partial charge in [0.25, 0.3) is 5.91 Å². The molecule has 2 aromatic carbocycles. The number of aliphatic hydroxyl groups is 1. The molecule has 7 heteroatoms. The number of hydrogen-bond donors (Lipinski definition) is 1.